The number of nitrogens with zero attached hydrogens (tertiary/aromatic N) is 2. The van der Waals surface area contributed by atoms with Crippen molar-refractivity contribution in [3.05, 3.63) is 22.2 Å². The number of aryl methyl sites for hydroxylation is 1. The van der Waals surface area contributed by atoms with E-state index in [4.69, 9.17) is 5.73 Å². The number of rotatable bonds is 3. The number of hydrogen-bond acceptors (Lipinski definition) is 4. The van der Waals surface area contributed by atoms with Crippen LogP contribution in [0.25, 0.3) is 0 Å². The lowest BCUT2D eigenvalue weighted by atomic mass is 10.1. The van der Waals surface area contributed by atoms with E-state index in [0.29, 0.717) is 6.04 Å². The maximum atomic E-state index is 5.90. The van der Waals surface area contributed by atoms with Crippen molar-refractivity contribution in [2.75, 3.05) is 51.3 Å². The molecule has 1 atom stereocenters. The van der Waals surface area contributed by atoms with Gasteiger partial charge in [0.05, 0.1) is 0 Å². The fourth-order valence-corrected chi connectivity index (χ4v) is 2.88. The lowest BCUT2D eigenvalue weighted by Crippen LogP contribution is -2.52. The average Bonchev–Trinajstić information content (AvgIpc) is 2.36. The Morgan fingerprint density at radius 1 is 1.37 bits per heavy atom. The Hall–Kier alpha value is -0.780. The Labute approximate surface area is 124 Å². The molecule has 19 heavy (non-hydrogen) atoms. The van der Waals surface area contributed by atoms with Crippen molar-refractivity contribution in [2.24, 2.45) is 0 Å². The van der Waals surface area contributed by atoms with Gasteiger partial charge >= 0.3 is 0 Å². The first-order chi connectivity index (χ1) is 8.97. The molecule has 1 aromatic rings. The maximum Gasteiger partial charge on any atom is 0.0489 e. The van der Waals surface area contributed by atoms with Gasteiger partial charge in [0.2, 0.25) is 0 Å². The first-order valence-corrected chi connectivity index (χ1v) is 7.45. The number of piperazine rings is 1. The first-order valence-electron chi connectivity index (χ1n) is 6.65. The molecule has 4 nitrogen and oxygen atoms in total. The zero-order chi connectivity index (χ0) is 14.0. The van der Waals surface area contributed by atoms with Crippen LogP contribution in [0.5, 0.6) is 0 Å². The summed E-state index contributed by atoms with van der Waals surface area (Å²) >= 11 is 3.57. The van der Waals surface area contributed by atoms with Crippen LogP contribution in [0.4, 0.5) is 11.4 Å². The van der Waals surface area contributed by atoms with Crippen molar-refractivity contribution in [3.8, 4) is 0 Å². The Kier molecular flexibility index (Phi) is 4.71. The lowest BCUT2D eigenvalue weighted by molar-refractivity contribution is 0.122. The molecule has 0 bridgehead atoms. The largest absolute Gasteiger partial charge is 0.398 e. The summed E-state index contributed by atoms with van der Waals surface area (Å²) in [6.45, 7) is 6.37. The van der Waals surface area contributed by atoms with Crippen LogP contribution in [-0.2, 0) is 0 Å². The van der Waals surface area contributed by atoms with Gasteiger partial charge in [-0.3, -0.25) is 4.90 Å². The van der Waals surface area contributed by atoms with Crippen molar-refractivity contribution in [1.29, 1.82) is 0 Å². The molecule has 5 heteroatoms. The molecule has 0 amide bonds. The van der Waals surface area contributed by atoms with Gasteiger partial charge in [0.15, 0.2) is 0 Å². The van der Waals surface area contributed by atoms with Gasteiger partial charge in [-0.1, -0.05) is 0 Å². The minimum absolute atomic E-state index is 0.545. The summed E-state index contributed by atoms with van der Waals surface area (Å²) in [7, 11) is 4.38. The second kappa shape index (κ2) is 6.11. The Bertz CT molecular complexity index is 449. The molecule has 1 aromatic carbocycles. The molecule has 0 radical (unpaired) electrons. The predicted molar refractivity (Wildman–Crippen MR) is 85.7 cm³/mol. The number of anilines is 2. The summed E-state index contributed by atoms with van der Waals surface area (Å²) in [5.74, 6) is 0. The van der Waals surface area contributed by atoms with Gasteiger partial charge in [-0.05, 0) is 54.6 Å². The number of nitrogens with one attached hydrogen (secondary N) is 1. The van der Waals surface area contributed by atoms with E-state index in [1.807, 2.05) is 13.0 Å². The third-order valence-corrected chi connectivity index (χ3v) is 4.52. The van der Waals surface area contributed by atoms with Crippen molar-refractivity contribution < 1.29 is 0 Å². The topological polar surface area (TPSA) is 44.5 Å². The fourth-order valence-electron chi connectivity index (χ4n) is 2.38. The van der Waals surface area contributed by atoms with Crippen LogP contribution in [0.3, 0.4) is 0 Å². The fraction of sp³-hybridized carbons (Fsp3) is 0.571. The molecule has 0 spiro atoms. The van der Waals surface area contributed by atoms with Gasteiger partial charge in [0, 0.05) is 48.1 Å². The van der Waals surface area contributed by atoms with E-state index < -0.39 is 0 Å². The number of benzene rings is 1. The molecule has 1 fully saturated rings. The highest BCUT2D eigenvalue weighted by Gasteiger charge is 2.21. The normalized spacial score (nSPS) is 21.6. The predicted octanol–water partition coefficient (Wildman–Crippen LogP) is 2.00. The van der Waals surface area contributed by atoms with Gasteiger partial charge in [-0.25, -0.2) is 0 Å². The molecule has 0 aromatic heterocycles. The highest BCUT2D eigenvalue weighted by Crippen LogP contribution is 2.27. The van der Waals surface area contributed by atoms with E-state index in [1.54, 1.807) is 0 Å². The highest BCUT2D eigenvalue weighted by molar-refractivity contribution is 9.10. The van der Waals surface area contributed by atoms with Crippen LogP contribution >= 0.6 is 15.9 Å². The summed E-state index contributed by atoms with van der Waals surface area (Å²) in [6.07, 6.45) is 0. The highest BCUT2D eigenvalue weighted by atomic mass is 79.9. The Balaban J connectivity index is 2.00. The average molecular weight is 327 g/mol. The van der Waals surface area contributed by atoms with Crippen molar-refractivity contribution in [2.45, 2.75) is 13.0 Å². The van der Waals surface area contributed by atoms with E-state index in [1.165, 1.54) is 0 Å². The van der Waals surface area contributed by atoms with Gasteiger partial charge in [-0.15, -0.1) is 0 Å². The summed E-state index contributed by atoms with van der Waals surface area (Å²) in [4.78, 5) is 4.81. The number of halogens is 1. The third kappa shape index (κ3) is 3.61. The van der Waals surface area contributed by atoms with E-state index >= 15 is 0 Å². The molecule has 3 N–H and O–H groups in total. The minimum Gasteiger partial charge on any atom is -0.398 e. The first kappa shape index (κ1) is 14.6. The van der Waals surface area contributed by atoms with E-state index in [0.717, 1.165) is 47.6 Å². The molecule has 1 unspecified atom stereocenters. The SMILES string of the molecule is Cc1cc(NCC2CN(C)CCN2C)c(Br)cc1N. The van der Waals surface area contributed by atoms with Crippen LogP contribution in [0.2, 0.25) is 0 Å². The van der Waals surface area contributed by atoms with E-state index in [-0.39, 0.29) is 0 Å². The molecule has 1 aliphatic rings. The molecule has 1 saturated heterocycles. The number of likely N-dealkylation sites (N-methyl/N-ethyl adjacent to an activating group) is 2. The van der Waals surface area contributed by atoms with E-state index in [9.17, 15) is 0 Å². The van der Waals surface area contributed by atoms with Crippen molar-refractivity contribution in [1.82, 2.24) is 9.80 Å². The molecular weight excluding hydrogens is 304 g/mol. The Morgan fingerprint density at radius 3 is 2.84 bits per heavy atom. The monoisotopic (exact) mass is 326 g/mol. The summed E-state index contributed by atoms with van der Waals surface area (Å²) < 4.78 is 1.03. The zero-order valence-electron chi connectivity index (χ0n) is 11.9. The molecule has 2 rings (SSSR count). The molecule has 0 saturated carbocycles. The molecule has 0 aliphatic carbocycles. The van der Waals surface area contributed by atoms with Crippen LogP contribution in [0.1, 0.15) is 5.56 Å². The zero-order valence-corrected chi connectivity index (χ0v) is 13.5. The lowest BCUT2D eigenvalue weighted by Gasteiger charge is -2.38. The van der Waals surface area contributed by atoms with Crippen LogP contribution in [-0.4, -0.2) is 56.1 Å². The third-order valence-electron chi connectivity index (χ3n) is 3.86. The quantitative estimate of drug-likeness (QED) is 0.834. The molecule has 1 heterocycles. The van der Waals surface area contributed by atoms with Crippen LogP contribution in [0, 0.1) is 6.92 Å². The second-order valence-corrected chi connectivity index (χ2v) is 6.32. The molecule has 1 aliphatic heterocycles. The maximum absolute atomic E-state index is 5.90. The number of nitrogens with two attached hydrogens (primary N) is 1. The number of nitrogen functional groups attached to an aromatic ring is 1. The van der Waals surface area contributed by atoms with E-state index in [2.05, 4.69) is 51.2 Å². The summed E-state index contributed by atoms with van der Waals surface area (Å²) in [6, 6.07) is 4.61. The van der Waals surface area contributed by atoms with Crippen molar-refractivity contribution >= 4 is 27.3 Å². The van der Waals surface area contributed by atoms with Crippen LogP contribution in [0.15, 0.2) is 16.6 Å². The second-order valence-electron chi connectivity index (χ2n) is 5.47. The standard InChI is InChI=1S/C14H23BrN4/c1-10-6-14(12(15)7-13(10)16)17-8-11-9-18(2)4-5-19(11)3/h6-7,11,17H,4-5,8-9,16H2,1-3H3. The smallest absolute Gasteiger partial charge is 0.0489 e. The number of hydrogen-bond donors (Lipinski definition) is 2. The summed E-state index contributed by atoms with van der Waals surface area (Å²) in [5.41, 5.74) is 8.95. The molecule has 106 valence electrons. The van der Waals surface area contributed by atoms with Gasteiger partial charge in [-0.2, -0.15) is 0 Å². The minimum atomic E-state index is 0.545. The van der Waals surface area contributed by atoms with Gasteiger partial charge in [0.25, 0.3) is 0 Å². The Morgan fingerprint density at radius 2 is 2.11 bits per heavy atom. The van der Waals surface area contributed by atoms with Crippen LogP contribution < -0.4 is 11.1 Å². The summed E-state index contributed by atoms with van der Waals surface area (Å²) in [5, 5.41) is 3.53. The van der Waals surface area contributed by atoms with Crippen molar-refractivity contribution in [3.63, 3.8) is 0 Å². The van der Waals surface area contributed by atoms with Gasteiger partial charge in [0.1, 0.15) is 0 Å². The molecular formula is C14H23BrN4. The van der Waals surface area contributed by atoms with Gasteiger partial charge < -0.3 is 16.0 Å².